The summed E-state index contributed by atoms with van der Waals surface area (Å²) in [6.07, 6.45) is 6.43. The lowest BCUT2D eigenvalue weighted by Gasteiger charge is -2.27. The highest BCUT2D eigenvalue weighted by atomic mass is 32.2. The van der Waals surface area contributed by atoms with Crippen LogP contribution < -0.4 is 0 Å². The molecule has 0 radical (unpaired) electrons. The average molecular weight is 356 g/mol. The Balaban J connectivity index is 1.98. The van der Waals surface area contributed by atoms with Gasteiger partial charge >= 0.3 is 5.97 Å². The molecule has 2 rings (SSSR count). The minimum absolute atomic E-state index is 0.191. The van der Waals surface area contributed by atoms with E-state index < -0.39 is 20.3 Å². The second-order valence-corrected chi connectivity index (χ2v) is 8.45. The number of aromatic hydroxyl groups is 1. The normalized spacial score (nSPS) is 19.0. The first-order valence-electron chi connectivity index (χ1n) is 8.20. The van der Waals surface area contributed by atoms with E-state index in [1.54, 1.807) is 18.2 Å². The Morgan fingerprint density at radius 3 is 2.57 bits per heavy atom. The summed E-state index contributed by atoms with van der Waals surface area (Å²) >= 11 is 1.39. The van der Waals surface area contributed by atoms with Gasteiger partial charge in [-0.25, -0.2) is 0 Å². The molecule has 6 heteroatoms. The predicted molar refractivity (Wildman–Crippen MR) is 95.3 cm³/mol. The molecule has 3 unspecified atom stereocenters. The van der Waals surface area contributed by atoms with E-state index in [0.29, 0.717) is 23.0 Å². The van der Waals surface area contributed by atoms with Crippen LogP contribution in [0, 0.1) is 11.8 Å². The summed E-state index contributed by atoms with van der Waals surface area (Å²) in [5.74, 6) is -0.254. The zero-order valence-electron chi connectivity index (χ0n) is 13.2. The Morgan fingerprint density at radius 2 is 1.96 bits per heavy atom. The van der Waals surface area contributed by atoms with Crippen LogP contribution in [-0.4, -0.2) is 27.6 Å². The highest BCUT2D eigenvalue weighted by Gasteiger charge is 2.31. The van der Waals surface area contributed by atoms with Crippen molar-refractivity contribution in [2.75, 3.05) is 5.75 Å². The van der Waals surface area contributed by atoms with Gasteiger partial charge in [-0.05, 0) is 24.5 Å². The van der Waals surface area contributed by atoms with E-state index in [9.17, 15) is 19.6 Å². The summed E-state index contributed by atoms with van der Waals surface area (Å²) in [7, 11) is -1.16. The first kappa shape index (κ1) is 18.4. The Kier molecular flexibility index (Phi) is 7.51. The number of phenols is 1. The number of hydrogen-bond donors (Lipinski definition) is 2. The van der Waals surface area contributed by atoms with Crippen LogP contribution in [0.4, 0.5) is 0 Å². The van der Waals surface area contributed by atoms with E-state index in [2.05, 4.69) is 0 Å². The van der Waals surface area contributed by atoms with Gasteiger partial charge in [0.25, 0.3) is 0 Å². The van der Waals surface area contributed by atoms with Crippen molar-refractivity contribution in [1.29, 1.82) is 0 Å². The maximum atomic E-state index is 11.7. The van der Waals surface area contributed by atoms with Gasteiger partial charge in [-0.1, -0.05) is 44.2 Å². The molecule has 4 nitrogen and oxygen atoms in total. The molecule has 128 valence electrons. The summed E-state index contributed by atoms with van der Waals surface area (Å²) < 4.78 is 11.7. The number of rotatable bonds is 8. The van der Waals surface area contributed by atoms with Crippen molar-refractivity contribution >= 4 is 26.2 Å². The van der Waals surface area contributed by atoms with Gasteiger partial charge < -0.3 is 14.8 Å². The molecular formula is C17H25O4PS. The lowest BCUT2D eigenvalue weighted by molar-refractivity contribution is -0.142. The molecule has 1 aromatic rings. The molecule has 2 N–H and O–H groups in total. The van der Waals surface area contributed by atoms with Gasteiger partial charge in [0.05, 0.1) is 14.4 Å². The van der Waals surface area contributed by atoms with Crippen molar-refractivity contribution in [3.8, 4) is 5.75 Å². The number of carboxylic acid groups (broad SMARTS) is 1. The van der Waals surface area contributed by atoms with Crippen LogP contribution in [0.3, 0.4) is 0 Å². The van der Waals surface area contributed by atoms with E-state index in [1.165, 1.54) is 31.0 Å². The summed E-state index contributed by atoms with van der Waals surface area (Å²) in [5.41, 5.74) is -0.320. The smallest absolute Gasteiger partial charge is 0.307 e. The largest absolute Gasteiger partial charge is 0.507 e. The van der Waals surface area contributed by atoms with Crippen LogP contribution in [0.2, 0.25) is 0 Å². The molecule has 23 heavy (non-hydrogen) atoms. The number of phenolic OH excluding ortho intramolecular Hbond substituents is 1. The van der Waals surface area contributed by atoms with E-state index in [-0.39, 0.29) is 11.4 Å². The average Bonchev–Trinajstić information content (AvgIpc) is 2.56. The molecular weight excluding hydrogens is 331 g/mol. The van der Waals surface area contributed by atoms with Crippen LogP contribution >= 0.6 is 20.2 Å². The molecule has 0 amide bonds. The molecule has 0 spiro atoms. The van der Waals surface area contributed by atoms with E-state index >= 15 is 0 Å². The monoisotopic (exact) mass is 356 g/mol. The van der Waals surface area contributed by atoms with Gasteiger partial charge in [0.15, 0.2) is 0 Å². The van der Waals surface area contributed by atoms with Gasteiger partial charge in [-0.2, -0.15) is 0 Å². The quantitative estimate of drug-likeness (QED) is 0.537. The molecule has 0 aromatic heterocycles. The van der Waals surface area contributed by atoms with E-state index in [4.69, 9.17) is 0 Å². The SMILES string of the molecule is O=[PH2]C(CSc1ccccc1O)C(CC1CCCCC1)C(=O)O. The lowest BCUT2D eigenvalue weighted by atomic mass is 9.82. The molecule has 1 aliphatic rings. The third kappa shape index (κ3) is 5.58. The molecule has 3 atom stereocenters. The summed E-state index contributed by atoms with van der Waals surface area (Å²) in [6, 6.07) is 6.99. The number of aliphatic carboxylic acids is 1. The number of para-hydroxylation sites is 1. The zero-order chi connectivity index (χ0) is 16.7. The van der Waals surface area contributed by atoms with E-state index in [0.717, 1.165) is 12.8 Å². The fourth-order valence-corrected chi connectivity index (χ4v) is 5.37. The maximum absolute atomic E-state index is 11.7. The highest BCUT2D eigenvalue weighted by molar-refractivity contribution is 7.99. The molecule has 1 aromatic carbocycles. The fraction of sp³-hybridized carbons (Fsp3) is 0.588. The minimum Gasteiger partial charge on any atom is -0.507 e. The molecule has 0 saturated heterocycles. The Morgan fingerprint density at radius 1 is 1.26 bits per heavy atom. The number of hydrogen-bond acceptors (Lipinski definition) is 4. The van der Waals surface area contributed by atoms with Crippen LogP contribution in [0.25, 0.3) is 0 Å². The number of carboxylic acids is 1. The van der Waals surface area contributed by atoms with Crippen molar-refractivity contribution in [3.63, 3.8) is 0 Å². The number of carbonyl (C=O) groups is 1. The first-order chi connectivity index (χ1) is 11.1. The van der Waals surface area contributed by atoms with Gasteiger partial charge in [0, 0.05) is 16.3 Å². The van der Waals surface area contributed by atoms with Crippen LogP contribution in [0.1, 0.15) is 38.5 Å². The first-order valence-corrected chi connectivity index (χ1v) is 10.3. The van der Waals surface area contributed by atoms with Crippen molar-refractivity contribution in [3.05, 3.63) is 24.3 Å². The molecule has 1 fully saturated rings. The highest BCUT2D eigenvalue weighted by Crippen LogP contribution is 2.36. The lowest BCUT2D eigenvalue weighted by Crippen LogP contribution is -2.29. The third-order valence-electron chi connectivity index (χ3n) is 4.62. The third-order valence-corrected chi connectivity index (χ3v) is 7.22. The summed E-state index contributed by atoms with van der Waals surface area (Å²) in [6.45, 7) is 0. The van der Waals surface area contributed by atoms with Crippen molar-refractivity contribution in [2.45, 2.75) is 49.1 Å². The van der Waals surface area contributed by atoms with E-state index in [1.807, 2.05) is 6.07 Å². The maximum Gasteiger partial charge on any atom is 0.307 e. The Labute approximate surface area is 142 Å². The summed E-state index contributed by atoms with van der Waals surface area (Å²) in [4.78, 5) is 12.4. The number of thioether (sulfide) groups is 1. The second-order valence-electron chi connectivity index (χ2n) is 6.26. The van der Waals surface area contributed by atoms with Gasteiger partial charge in [0.1, 0.15) is 5.75 Å². The van der Waals surface area contributed by atoms with Crippen LogP contribution in [0.15, 0.2) is 29.2 Å². The van der Waals surface area contributed by atoms with Crippen LogP contribution in [0.5, 0.6) is 5.75 Å². The molecule has 1 aliphatic carbocycles. The zero-order valence-corrected chi connectivity index (χ0v) is 15.2. The van der Waals surface area contributed by atoms with Crippen molar-refractivity contribution < 1.29 is 19.6 Å². The van der Waals surface area contributed by atoms with Crippen molar-refractivity contribution in [1.82, 2.24) is 0 Å². The van der Waals surface area contributed by atoms with Gasteiger partial charge in [0.2, 0.25) is 0 Å². The van der Waals surface area contributed by atoms with Gasteiger partial charge in [-0.15, -0.1) is 11.8 Å². The Hall–Kier alpha value is -0.930. The Bertz CT molecular complexity index is 531. The standard InChI is InChI=1S/C17H25O4PS/c18-14-8-4-5-9-16(14)23-11-15(22-21)13(17(19)20)10-12-6-2-1-3-7-12/h4-5,8-9,12-13,15,18H,1-3,6-7,10-11,22H2,(H,19,20). The summed E-state index contributed by atoms with van der Waals surface area (Å²) in [5, 5.41) is 19.4. The molecule has 0 heterocycles. The fourth-order valence-electron chi connectivity index (χ4n) is 3.26. The topological polar surface area (TPSA) is 74.6 Å². The molecule has 1 saturated carbocycles. The molecule has 0 bridgehead atoms. The number of benzene rings is 1. The molecule has 0 aliphatic heterocycles. The van der Waals surface area contributed by atoms with Crippen molar-refractivity contribution in [2.24, 2.45) is 11.8 Å². The van der Waals surface area contributed by atoms with Gasteiger partial charge in [-0.3, -0.25) is 4.79 Å². The second kappa shape index (κ2) is 9.39. The minimum atomic E-state index is -1.16. The van der Waals surface area contributed by atoms with Crippen LogP contribution in [-0.2, 0) is 9.36 Å². The predicted octanol–water partition coefficient (Wildman–Crippen LogP) is 4.28.